The molecule has 2 aromatic heterocycles. The van der Waals surface area contributed by atoms with Crippen LogP contribution in [0.3, 0.4) is 0 Å². The van der Waals surface area contributed by atoms with Crippen molar-refractivity contribution in [2.45, 2.75) is 46.1 Å². The number of hydrogen-bond acceptors (Lipinski definition) is 6. The number of fused-ring (bicyclic) bond motifs is 2. The fourth-order valence-corrected chi connectivity index (χ4v) is 5.02. The Morgan fingerprint density at radius 1 is 1.04 bits per heavy atom. The molecule has 5 rings (SSSR count). The molecule has 0 saturated carbocycles. The number of anilines is 1. The highest BCUT2D eigenvalue weighted by Crippen LogP contribution is 2.35. The van der Waals surface area contributed by atoms with E-state index in [0.717, 1.165) is 74.7 Å². The van der Waals surface area contributed by atoms with Gasteiger partial charge in [0.2, 0.25) is 0 Å². The fourth-order valence-electron chi connectivity index (χ4n) is 5.02. The fraction of sp³-hybridized carbons (Fsp3) is 0.650. The smallest absolute Gasteiger partial charge is 0.140 e. The maximum atomic E-state index is 5.59. The van der Waals surface area contributed by atoms with Gasteiger partial charge in [0.05, 0.1) is 0 Å². The van der Waals surface area contributed by atoms with E-state index in [1.54, 1.807) is 6.33 Å². The van der Waals surface area contributed by atoms with Gasteiger partial charge in [0.1, 0.15) is 23.6 Å². The van der Waals surface area contributed by atoms with Crippen molar-refractivity contribution in [1.29, 1.82) is 0 Å². The molecule has 0 bridgehead atoms. The van der Waals surface area contributed by atoms with E-state index in [1.807, 2.05) is 0 Å². The SMILES string of the molecule is Cc1ncnc(N2CC3CN(Cc4noc5c4CCCC5)CC3C2)c1C. The second-order valence-electron chi connectivity index (χ2n) is 8.27. The third-order valence-corrected chi connectivity index (χ3v) is 6.58. The number of aromatic nitrogens is 3. The normalized spacial score (nSPS) is 25.5. The highest BCUT2D eigenvalue weighted by atomic mass is 16.5. The van der Waals surface area contributed by atoms with Gasteiger partial charge in [-0.1, -0.05) is 5.16 Å². The summed E-state index contributed by atoms with van der Waals surface area (Å²) in [6.07, 6.45) is 6.44. The van der Waals surface area contributed by atoms with Gasteiger partial charge in [-0.2, -0.15) is 0 Å². The average molecular weight is 353 g/mol. The van der Waals surface area contributed by atoms with Crippen molar-refractivity contribution < 1.29 is 4.52 Å². The molecule has 2 fully saturated rings. The van der Waals surface area contributed by atoms with Gasteiger partial charge in [0.15, 0.2) is 0 Å². The van der Waals surface area contributed by atoms with Crippen LogP contribution in [0.15, 0.2) is 10.9 Å². The standard InChI is InChI=1S/C20H27N5O/c1-13-14(2)21-12-22-20(13)25-9-15-7-24(8-16(15)10-25)11-18-17-5-3-4-6-19(17)26-23-18/h12,15-16H,3-11H2,1-2H3. The van der Waals surface area contributed by atoms with E-state index >= 15 is 0 Å². The molecule has 2 unspecified atom stereocenters. The lowest BCUT2D eigenvalue weighted by Gasteiger charge is -2.23. The van der Waals surface area contributed by atoms with E-state index in [0.29, 0.717) is 0 Å². The van der Waals surface area contributed by atoms with Crippen molar-refractivity contribution in [3.8, 4) is 0 Å². The molecule has 0 radical (unpaired) electrons. The molecule has 0 N–H and O–H groups in total. The van der Waals surface area contributed by atoms with Gasteiger partial charge >= 0.3 is 0 Å². The minimum Gasteiger partial charge on any atom is -0.361 e. The molecule has 0 spiro atoms. The Morgan fingerprint density at radius 2 is 1.81 bits per heavy atom. The summed E-state index contributed by atoms with van der Waals surface area (Å²) in [6, 6.07) is 0. The number of rotatable bonds is 3. The van der Waals surface area contributed by atoms with Gasteiger partial charge in [-0.25, -0.2) is 9.97 Å². The lowest BCUT2D eigenvalue weighted by molar-refractivity contribution is 0.293. The highest BCUT2D eigenvalue weighted by molar-refractivity contribution is 5.48. The highest BCUT2D eigenvalue weighted by Gasteiger charge is 2.41. The summed E-state index contributed by atoms with van der Waals surface area (Å²) < 4.78 is 5.59. The monoisotopic (exact) mass is 353 g/mol. The molecule has 0 amide bonds. The number of likely N-dealkylation sites (tertiary alicyclic amines) is 1. The van der Waals surface area contributed by atoms with Crippen LogP contribution in [0.2, 0.25) is 0 Å². The van der Waals surface area contributed by atoms with Crippen LogP contribution in [0.1, 0.15) is 41.1 Å². The number of hydrogen-bond donors (Lipinski definition) is 0. The van der Waals surface area contributed by atoms with Crippen molar-refractivity contribution in [2.24, 2.45) is 11.8 Å². The van der Waals surface area contributed by atoms with Crippen LogP contribution < -0.4 is 4.90 Å². The van der Waals surface area contributed by atoms with Gasteiger partial charge in [-0.15, -0.1) is 0 Å². The summed E-state index contributed by atoms with van der Waals surface area (Å²) >= 11 is 0. The van der Waals surface area contributed by atoms with Crippen molar-refractivity contribution in [3.63, 3.8) is 0 Å². The van der Waals surface area contributed by atoms with E-state index < -0.39 is 0 Å². The third-order valence-electron chi connectivity index (χ3n) is 6.58. The Morgan fingerprint density at radius 3 is 2.62 bits per heavy atom. The van der Waals surface area contributed by atoms with E-state index in [9.17, 15) is 0 Å². The largest absolute Gasteiger partial charge is 0.361 e. The minimum absolute atomic E-state index is 0.729. The average Bonchev–Trinajstić information content (AvgIpc) is 3.31. The van der Waals surface area contributed by atoms with Crippen molar-refractivity contribution in [2.75, 3.05) is 31.1 Å². The molecule has 2 aliphatic heterocycles. The van der Waals surface area contributed by atoms with Gasteiger partial charge < -0.3 is 9.42 Å². The second-order valence-corrected chi connectivity index (χ2v) is 8.27. The molecule has 26 heavy (non-hydrogen) atoms. The van der Waals surface area contributed by atoms with Crippen molar-refractivity contribution >= 4 is 5.82 Å². The predicted molar refractivity (Wildman–Crippen MR) is 99.1 cm³/mol. The third kappa shape index (κ3) is 2.71. The molecule has 2 atom stereocenters. The van der Waals surface area contributed by atoms with Gasteiger partial charge in [0.25, 0.3) is 0 Å². The second kappa shape index (κ2) is 6.34. The van der Waals surface area contributed by atoms with Crippen molar-refractivity contribution in [3.05, 3.63) is 34.6 Å². The molecule has 0 aromatic carbocycles. The predicted octanol–water partition coefficient (Wildman–Crippen LogP) is 2.53. The minimum atomic E-state index is 0.729. The van der Waals surface area contributed by atoms with E-state index in [-0.39, 0.29) is 0 Å². The van der Waals surface area contributed by atoms with Crippen LogP contribution in [0.5, 0.6) is 0 Å². The Kier molecular flexibility index (Phi) is 3.96. The summed E-state index contributed by atoms with van der Waals surface area (Å²) in [6.45, 7) is 9.69. The molecule has 4 heterocycles. The maximum absolute atomic E-state index is 5.59. The van der Waals surface area contributed by atoms with Crippen molar-refractivity contribution in [1.82, 2.24) is 20.0 Å². The Balaban J connectivity index is 1.25. The summed E-state index contributed by atoms with van der Waals surface area (Å²) in [5.41, 5.74) is 4.91. The first-order chi connectivity index (χ1) is 12.7. The van der Waals surface area contributed by atoms with Crippen LogP contribution in [0, 0.1) is 25.7 Å². The Labute approximate surface area is 154 Å². The van der Waals surface area contributed by atoms with Gasteiger partial charge in [-0.3, -0.25) is 4.90 Å². The van der Waals surface area contributed by atoms with Gasteiger partial charge in [0, 0.05) is 56.0 Å². The summed E-state index contributed by atoms with van der Waals surface area (Å²) in [5.74, 6) is 3.73. The molecule has 6 heteroatoms. The Bertz CT molecular complexity index is 803. The molecule has 138 valence electrons. The Hall–Kier alpha value is -1.95. The molecule has 2 aromatic rings. The topological polar surface area (TPSA) is 58.3 Å². The zero-order valence-electron chi connectivity index (χ0n) is 15.7. The summed E-state index contributed by atoms with van der Waals surface area (Å²) in [4.78, 5) is 13.9. The number of aryl methyl sites for hydroxylation is 2. The lowest BCUT2D eigenvalue weighted by Crippen LogP contribution is -2.30. The van der Waals surface area contributed by atoms with Crippen LogP contribution >= 0.6 is 0 Å². The zero-order chi connectivity index (χ0) is 17.7. The molecule has 1 aliphatic carbocycles. The first-order valence-corrected chi connectivity index (χ1v) is 9.91. The van der Waals surface area contributed by atoms with E-state index in [4.69, 9.17) is 4.52 Å². The van der Waals surface area contributed by atoms with E-state index in [1.165, 1.54) is 29.7 Å². The molecule has 3 aliphatic rings. The van der Waals surface area contributed by atoms with Crippen LogP contribution in [-0.4, -0.2) is 46.2 Å². The summed E-state index contributed by atoms with van der Waals surface area (Å²) in [5, 5.41) is 4.40. The molecule has 2 saturated heterocycles. The van der Waals surface area contributed by atoms with Crippen LogP contribution in [0.4, 0.5) is 5.82 Å². The quantitative estimate of drug-likeness (QED) is 0.845. The zero-order valence-corrected chi connectivity index (χ0v) is 15.7. The van der Waals surface area contributed by atoms with Crippen LogP contribution in [0.25, 0.3) is 0 Å². The van der Waals surface area contributed by atoms with E-state index in [2.05, 4.69) is 38.8 Å². The number of nitrogens with zero attached hydrogens (tertiary/aromatic N) is 5. The van der Waals surface area contributed by atoms with Gasteiger partial charge in [-0.05, 0) is 44.9 Å². The molecule has 6 nitrogen and oxygen atoms in total. The summed E-state index contributed by atoms with van der Waals surface area (Å²) in [7, 11) is 0. The molecular formula is C20H27N5O. The van der Waals surface area contributed by atoms with Crippen LogP contribution in [-0.2, 0) is 19.4 Å². The first-order valence-electron chi connectivity index (χ1n) is 9.91. The molecular weight excluding hydrogens is 326 g/mol. The first kappa shape index (κ1) is 16.2. The maximum Gasteiger partial charge on any atom is 0.140 e. The lowest BCUT2D eigenvalue weighted by atomic mass is 9.96.